The summed E-state index contributed by atoms with van der Waals surface area (Å²) in [7, 11) is 0. The summed E-state index contributed by atoms with van der Waals surface area (Å²) in [6.45, 7) is 8.65. The zero-order chi connectivity index (χ0) is 7.98. The van der Waals surface area contributed by atoms with Crippen LogP contribution in [0.15, 0.2) is 23.3 Å². The predicted octanol–water partition coefficient (Wildman–Crippen LogP) is 3.70. The topological polar surface area (TPSA) is 0 Å². The molecule has 0 atom stereocenters. The maximum atomic E-state index is 2.21. The van der Waals surface area contributed by atoms with Crippen LogP contribution in [0.25, 0.3) is 0 Å². The quantitative estimate of drug-likeness (QED) is 0.522. The lowest BCUT2D eigenvalue weighted by atomic mass is 10.0. The van der Waals surface area contributed by atoms with Crippen LogP contribution in [-0.2, 0) is 0 Å². The van der Waals surface area contributed by atoms with Gasteiger partial charge in [0.15, 0.2) is 0 Å². The number of rotatable bonds is 3. The van der Waals surface area contributed by atoms with Crippen LogP contribution >= 0.6 is 0 Å². The van der Waals surface area contributed by atoms with E-state index in [0.29, 0.717) is 0 Å². The molecule has 0 saturated carbocycles. The van der Waals surface area contributed by atoms with Gasteiger partial charge in [-0.25, -0.2) is 0 Å². The second-order valence-corrected chi connectivity index (χ2v) is 2.73. The molecule has 0 rings (SSSR count). The summed E-state index contributed by atoms with van der Waals surface area (Å²) >= 11 is 0. The van der Waals surface area contributed by atoms with E-state index in [1.54, 1.807) is 5.57 Å². The fourth-order valence-electron chi connectivity index (χ4n) is 0.962. The Morgan fingerprint density at radius 1 is 1.30 bits per heavy atom. The average molecular weight is 138 g/mol. The summed E-state index contributed by atoms with van der Waals surface area (Å²) in [5, 5.41) is 0. The second kappa shape index (κ2) is 5.28. The third-order valence-corrected chi connectivity index (χ3v) is 1.73. The Bertz CT molecular complexity index is 134. The van der Waals surface area contributed by atoms with E-state index >= 15 is 0 Å². The Balaban J connectivity index is 3.97. The zero-order valence-electron chi connectivity index (χ0n) is 7.57. The average Bonchev–Trinajstić information content (AvgIpc) is 1.89. The van der Waals surface area contributed by atoms with Gasteiger partial charge in [0.1, 0.15) is 0 Å². The Kier molecular flexibility index (Phi) is 5.00. The molecule has 0 bridgehead atoms. The van der Waals surface area contributed by atoms with E-state index < -0.39 is 0 Å². The molecule has 0 fully saturated rings. The van der Waals surface area contributed by atoms with Crippen molar-refractivity contribution in [3.63, 3.8) is 0 Å². The first kappa shape index (κ1) is 9.48. The minimum Gasteiger partial charge on any atom is -0.0913 e. The van der Waals surface area contributed by atoms with E-state index in [4.69, 9.17) is 0 Å². The van der Waals surface area contributed by atoms with Crippen molar-refractivity contribution in [3.05, 3.63) is 23.3 Å². The van der Waals surface area contributed by atoms with Gasteiger partial charge in [-0.2, -0.15) is 0 Å². The van der Waals surface area contributed by atoms with Gasteiger partial charge in [-0.05, 0) is 33.6 Å². The standard InChI is InChI=1S/C10H18/c1-5-7-8-10(6-2)9(3)4/h5,7H,6,8H2,1-4H3. The predicted molar refractivity (Wildman–Crippen MR) is 48.1 cm³/mol. The Labute approximate surface area is 64.6 Å². The van der Waals surface area contributed by atoms with Crippen molar-refractivity contribution >= 4 is 0 Å². The highest BCUT2D eigenvalue weighted by molar-refractivity contribution is 5.12. The monoisotopic (exact) mass is 138 g/mol. The molecule has 0 aromatic heterocycles. The number of hydrogen-bond acceptors (Lipinski definition) is 0. The molecule has 0 aliphatic heterocycles. The fraction of sp³-hybridized carbons (Fsp3) is 0.600. The Morgan fingerprint density at radius 3 is 2.20 bits per heavy atom. The second-order valence-electron chi connectivity index (χ2n) is 2.73. The fourth-order valence-corrected chi connectivity index (χ4v) is 0.962. The minimum absolute atomic E-state index is 1.13. The molecule has 0 spiro atoms. The highest BCUT2D eigenvalue weighted by Crippen LogP contribution is 2.12. The third-order valence-electron chi connectivity index (χ3n) is 1.73. The first-order chi connectivity index (χ1) is 4.72. The molecule has 0 aromatic carbocycles. The van der Waals surface area contributed by atoms with Gasteiger partial charge in [-0.15, -0.1) is 0 Å². The minimum atomic E-state index is 1.13. The van der Waals surface area contributed by atoms with E-state index in [9.17, 15) is 0 Å². The highest BCUT2D eigenvalue weighted by Gasteiger charge is 1.91. The number of hydrogen-bond donors (Lipinski definition) is 0. The highest BCUT2D eigenvalue weighted by atomic mass is 14.0. The van der Waals surface area contributed by atoms with Crippen molar-refractivity contribution in [2.24, 2.45) is 0 Å². The summed E-state index contributed by atoms with van der Waals surface area (Å²) in [5.74, 6) is 0. The van der Waals surface area contributed by atoms with Crippen molar-refractivity contribution in [3.8, 4) is 0 Å². The van der Waals surface area contributed by atoms with Gasteiger partial charge in [0, 0.05) is 0 Å². The lowest BCUT2D eigenvalue weighted by molar-refractivity contribution is 0.991. The van der Waals surface area contributed by atoms with E-state index in [1.165, 1.54) is 12.0 Å². The van der Waals surface area contributed by atoms with Crippen LogP contribution in [-0.4, -0.2) is 0 Å². The van der Waals surface area contributed by atoms with Gasteiger partial charge in [0.25, 0.3) is 0 Å². The van der Waals surface area contributed by atoms with Crippen molar-refractivity contribution in [1.29, 1.82) is 0 Å². The largest absolute Gasteiger partial charge is 0.0913 e. The maximum absolute atomic E-state index is 2.21. The Morgan fingerprint density at radius 2 is 1.90 bits per heavy atom. The van der Waals surface area contributed by atoms with Gasteiger partial charge in [0.2, 0.25) is 0 Å². The lowest BCUT2D eigenvalue weighted by Crippen LogP contribution is -1.81. The smallest absolute Gasteiger partial charge is 0.0137 e. The zero-order valence-corrected chi connectivity index (χ0v) is 7.57. The normalized spacial score (nSPS) is 10.4. The van der Waals surface area contributed by atoms with Crippen molar-refractivity contribution in [1.82, 2.24) is 0 Å². The summed E-state index contributed by atoms with van der Waals surface area (Å²) in [6, 6.07) is 0. The molecule has 0 heterocycles. The van der Waals surface area contributed by atoms with Crippen molar-refractivity contribution < 1.29 is 0 Å². The van der Waals surface area contributed by atoms with Crippen LogP contribution in [0.5, 0.6) is 0 Å². The van der Waals surface area contributed by atoms with E-state index in [1.807, 2.05) is 0 Å². The lowest BCUT2D eigenvalue weighted by Gasteiger charge is -2.02. The molecular weight excluding hydrogens is 120 g/mol. The molecule has 0 amide bonds. The van der Waals surface area contributed by atoms with Crippen LogP contribution in [0, 0.1) is 0 Å². The molecule has 58 valence electrons. The molecule has 0 radical (unpaired) electrons. The first-order valence-electron chi connectivity index (χ1n) is 3.98. The van der Waals surface area contributed by atoms with Crippen LogP contribution in [0.3, 0.4) is 0 Å². The van der Waals surface area contributed by atoms with E-state index in [2.05, 4.69) is 39.8 Å². The molecule has 0 saturated heterocycles. The van der Waals surface area contributed by atoms with Crippen LogP contribution in [0.2, 0.25) is 0 Å². The first-order valence-corrected chi connectivity index (χ1v) is 3.98. The molecule has 0 heteroatoms. The summed E-state index contributed by atoms with van der Waals surface area (Å²) in [5.41, 5.74) is 3.04. The van der Waals surface area contributed by atoms with Gasteiger partial charge in [0.05, 0.1) is 0 Å². The summed E-state index contributed by atoms with van der Waals surface area (Å²) in [4.78, 5) is 0. The molecule has 0 aliphatic carbocycles. The Hall–Kier alpha value is -0.520. The molecule has 0 nitrogen and oxygen atoms in total. The molecule has 10 heavy (non-hydrogen) atoms. The molecule has 0 unspecified atom stereocenters. The number of allylic oxidation sites excluding steroid dienone is 4. The maximum Gasteiger partial charge on any atom is -0.0137 e. The molecule has 0 N–H and O–H groups in total. The molecule has 0 aliphatic rings. The van der Waals surface area contributed by atoms with Gasteiger partial charge < -0.3 is 0 Å². The van der Waals surface area contributed by atoms with E-state index in [-0.39, 0.29) is 0 Å². The van der Waals surface area contributed by atoms with Crippen LogP contribution in [0.4, 0.5) is 0 Å². The van der Waals surface area contributed by atoms with Gasteiger partial charge in [-0.3, -0.25) is 0 Å². The third kappa shape index (κ3) is 3.49. The van der Waals surface area contributed by atoms with Crippen LogP contribution < -0.4 is 0 Å². The van der Waals surface area contributed by atoms with E-state index in [0.717, 1.165) is 6.42 Å². The van der Waals surface area contributed by atoms with Crippen LogP contribution in [0.1, 0.15) is 40.5 Å². The van der Waals surface area contributed by atoms with Crippen molar-refractivity contribution in [2.45, 2.75) is 40.5 Å². The SMILES string of the molecule is CC=CCC(CC)=C(C)C. The molecule has 0 aromatic rings. The van der Waals surface area contributed by atoms with Gasteiger partial charge >= 0.3 is 0 Å². The summed E-state index contributed by atoms with van der Waals surface area (Å²) < 4.78 is 0. The van der Waals surface area contributed by atoms with Crippen molar-refractivity contribution in [2.75, 3.05) is 0 Å². The summed E-state index contributed by atoms with van der Waals surface area (Å²) in [6.07, 6.45) is 6.65. The van der Waals surface area contributed by atoms with Gasteiger partial charge in [-0.1, -0.05) is 30.2 Å². The molecular formula is C10H18.